The molecule has 2 aliphatic rings. The normalized spacial score (nSPS) is 23.6. The molecule has 1 aromatic carbocycles. The van der Waals surface area contributed by atoms with E-state index in [0.29, 0.717) is 18.0 Å². The zero-order valence-corrected chi connectivity index (χ0v) is 15.9. The van der Waals surface area contributed by atoms with Crippen LogP contribution < -0.4 is 4.90 Å². The third kappa shape index (κ3) is 4.04. The number of likely N-dealkylation sites (N-methyl/N-ethyl adjacent to an activating group) is 1. The first kappa shape index (κ1) is 18.4. The molecule has 2 fully saturated rings. The summed E-state index contributed by atoms with van der Waals surface area (Å²) in [6.07, 6.45) is 1.51. The smallest absolute Gasteiger partial charge is 0.243 e. The standard InChI is InChI=1S/C18H27N3O3S/c1-15-5-7-17(8-6-15)25(23,24)21-9-3-4-16(14-21)18(22)20-12-10-19(2)11-13-20/h5-8,16H,3-4,9-14H2,1-2H3/p+1/t16-/m1/s1. The summed E-state index contributed by atoms with van der Waals surface area (Å²) in [7, 11) is -1.39. The van der Waals surface area contributed by atoms with E-state index < -0.39 is 10.0 Å². The molecule has 138 valence electrons. The minimum atomic E-state index is -3.53. The SMILES string of the molecule is Cc1ccc(S(=O)(=O)N2CCC[C@@H](C(=O)N3CC[NH+](C)CC3)C2)cc1. The number of hydrogen-bond donors (Lipinski definition) is 1. The average molecular weight is 367 g/mol. The van der Waals surface area contributed by atoms with E-state index in [4.69, 9.17) is 0 Å². The van der Waals surface area contributed by atoms with E-state index in [0.717, 1.165) is 44.6 Å². The Labute approximate surface area is 150 Å². The van der Waals surface area contributed by atoms with Gasteiger partial charge in [-0.1, -0.05) is 17.7 Å². The molecule has 0 aliphatic carbocycles. The fourth-order valence-corrected chi connectivity index (χ4v) is 5.11. The Kier molecular flexibility index (Phi) is 5.46. The summed E-state index contributed by atoms with van der Waals surface area (Å²) in [6.45, 7) is 6.19. The largest absolute Gasteiger partial charge is 0.334 e. The van der Waals surface area contributed by atoms with Gasteiger partial charge in [0.2, 0.25) is 15.9 Å². The summed E-state index contributed by atoms with van der Waals surface area (Å²) in [5.41, 5.74) is 1.03. The van der Waals surface area contributed by atoms with Crippen LogP contribution in [0.3, 0.4) is 0 Å². The topological polar surface area (TPSA) is 62.1 Å². The number of quaternary nitrogens is 1. The zero-order valence-electron chi connectivity index (χ0n) is 15.1. The second-order valence-corrected chi connectivity index (χ2v) is 9.24. The van der Waals surface area contributed by atoms with Gasteiger partial charge in [-0.15, -0.1) is 0 Å². The van der Waals surface area contributed by atoms with Crippen LogP contribution in [0.25, 0.3) is 0 Å². The van der Waals surface area contributed by atoms with Crippen molar-refractivity contribution in [3.05, 3.63) is 29.8 Å². The molecule has 3 rings (SSSR count). The van der Waals surface area contributed by atoms with Crippen molar-refractivity contribution in [2.24, 2.45) is 5.92 Å². The van der Waals surface area contributed by atoms with Crippen LogP contribution in [-0.4, -0.2) is 69.8 Å². The van der Waals surface area contributed by atoms with Crippen LogP contribution in [0.1, 0.15) is 18.4 Å². The number of rotatable bonds is 3. The molecule has 1 N–H and O–H groups in total. The second-order valence-electron chi connectivity index (χ2n) is 7.30. The summed E-state index contributed by atoms with van der Waals surface area (Å²) in [5, 5.41) is 0. The number of amides is 1. The van der Waals surface area contributed by atoms with Crippen LogP contribution in [-0.2, 0) is 14.8 Å². The first-order valence-electron chi connectivity index (χ1n) is 9.05. The summed E-state index contributed by atoms with van der Waals surface area (Å²) >= 11 is 0. The van der Waals surface area contributed by atoms with Gasteiger partial charge in [-0.05, 0) is 31.9 Å². The van der Waals surface area contributed by atoms with Crippen LogP contribution >= 0.6 is 0 Å². The molecule has 2 saturated heterocycles. The Morgan fingerprint density at radius 3 is 2.40 bits per heavy atom. The Balaban J connectivity index is 1.70. The van der Waals surface area contributed by atoms with Gasteiger partial charge >= 0.3 is 0 Å². The lowest BCUT2D eigenvalue weighted by molar-refractivity contribution is -0.883. The van der Waals surface area contributed by atoms with Crippen molar-refractivity contribution < 1.29 is 18.1 Å². The number of nitrogens with one attached hydrogen (secondary N) is 1. The molecule has 25 heavy (non-hydrogen) atoms. The highest BCUT2D eigenvalue weighted by Crippen LogP contribution is 2.25. The van der Waals surface area contributed by atoms with Gasteiger partial charge in [0.25, 0.3) is 0 Å². The van der Waals surface area contributed by atoms with E-state index in [9.17, 15) is 13.2 Å². The number of benzene rings is 1. The molecule has 6 nitrogen and oxygen atoms in total. The van der Waals surface area contributed by atoms with Crippen molar-refractivity contribution in [2.75, 3.05) is 46.3 Å². The van der Waals surface area contributed by atoms with Crippen molar-refractivity contribution in [1.82, 2.24) is 9.21 Å². The van der Waals surface area contributed by atoms with E-state index in [-0.39, 0.29) is 11.8 Å². The third-order valence-corrected chi connectivity index (χ3v) is 7.20. The number of piperazine rings is 1. The number of nitrogens with zero attached hydrogens (tertiary/aromatic N) is 2. The maximum Gasteiger partial charge on any atom is 0.243 e. The molecule has 0 spiro atoms. The van der Waals surface area contributed by atoms with Crippen LogP contribution in [0.5, 0.6) is 0 Å². The lowest BCUT2D eigenvalue weighted by Crippen LogP contribution is -3.12. The van der Waals surface area contributed by atoms with Crippen LogP contribution in [0, 0.1) is 12.8 Å². The summed E-state index contributed by atoms with van der Waals surface area (Å²) < 4.78 is 27.3. The van der Waals surface area contributed by atoms with Gasteiger partial charge in [0, 0.05) is 13.1 Å². The number of piperidine rings is 1. The monoisotopic (exact) mass is 366 g/mol. The third-order valence-electron chi connectivity index (χ3n) is 5.32. The molecule has 7 heteroatoms. The number of aryl methyl sites for hydroxylation is 1. The second kappa shape index (κ2) is 7.43. The van der Waals surface area contributed by atoms with Gasteiger partial charge in [-0.25, -0.2) is 8.42 Å². The van der Waals surface area contributed by atoms with Gasteiger partial charge in [0.15, 0.2) is 0 Å². The van der Waals surface area contributed by atoms with Crippen molar-refractivity contribution in [1.29, 1.82) is 0 Å². The number of hydrogen-bond acceptors (Lipinski definition) is 3. The van der Waals surface area contributed by atoms with Crippen molar-refractivity contribution >= 4 is 15.9 Å². The minimum absolute atomic E-state index is 0.122. The van der Waals surface area contributed by atoms with E-state index in [1.807, 2.05) is 24.0 Å². The van der Waals surface area contributed by atoms with Crippen LogP contribution in [0.15, 0.2) is 29.2 Å². The fourth-order valence-electron chi connectivity index (χ4n) is 3.59. The van der Waals surface area contributed by atoms with E-state index in [1.54, 1.807) is 12.1 Å². The van der Waals surface area contributed by atoms with Crippen LogP contribution in [0.4, 0.5) is 0 Å². The molecular formula is C18H28N3O3S+. The van der Waals surface area contributed by atoms with Gasteiger partial charge in [-0.3, -0.25) is 4.79 Å². The molecular weight excluding hydrogens is 338 g/mol. The average Bonchev–Trinajstić information content (AvgIpc) is 2.62. The molecule has 2 aliphatic heterocycles. The molecule has 1 amide bonds. The number of carbonyl (C=O) groups is 1. The van der Waals surface area contributed by atoms with Crippen LogP contribution in [0.2, 0.25) is 0 Å². The Hall–Kier alpha value is -1.44. The summed E-state index contributed by atoms with van der Waals surface area (Å²) in [5.74, 6) is -0.0938. The first-order valence-corrected chi connectivity index (χ1v) is 10.5. The van der Waals surface area contributed by atoms with Crippen molar-refractivity contribution in [3.63, 3.8) is 0 Å². The quantitative estimate of drug-likeness (QED) is 0.803. The Morgan fingerprint density at radius 2 is 1.76 bits per heavy atom. The van der Waals surface area contributed by atoms with Gasteiger partial charge in [0.1, 0.15) is 0 Å². The molecule has 1 aromatic rings. The highest BCUT2D eigenvalue weighted by Gasteiger charge is 2.35. The van der Waals surface area contributed by atoms with Crippen molar-refractivity contribution in [2.45, 2.75) is 24.7 Å². The predicted molar refractivity (Wildman–Crippen MR) is 95.9 cm³/mol. The highest BCUT2D eigenvalue weighted by atomic mass is 32.2. The minimum Gasteiger partial charge on any atom is -0.334 e. The Morgan fingerprint density at radius 1 is 1.12 bits per heavy atom. The van der Waals surface area contributed by atoms with E-state index in [2.05, 4.69) is 7.05 Å². The van der Waals surface area contributed by atoms with E-state index in [1.165, 1.54) is 9.21 Å². The molecule has 0 radical (unpaired) electrons. The molecule has 0 bridgehead atoms. The zero-order chi connectivity index (χ0) is 18.0. The summed E-state index contributed by atoms with van der Waals surface area (Å²) in [4.78, 5) is 16.5. The molecule has 1 atom stereocenters. The summed E-state index contributed by atoms with van der Waals surface area (Å²) in [6, 6.07) is 6.93. The van der Waals surface area contributed by atoms with Gasteiger partial charge in [-0.2, -0.15) is 4.31 Å². The highest BCUT2D eigenvalue weighted by molar-refractivity contribution is 7.89. The Bertz CT molecular complexity index is 710. The lowest BCUT2D eigenvalue weighted by Gasteiger charge is -2.36. The van der Waals surface area contributed by atoms with Gasteiger partial charge in [0.05, 0.1) is 44.0 Å². The predicted octanol–water partition coefficient (Wildman–Crippen LogP) is -0.247. The lowest BCUT2D eigenvalue weighted by atomic mass is 9.98. The molecule has 0 unspecified atom stereocenters. The molecule has 0 aromatic heterocycles. The van der Waals surface area contributed by atoms with Gasteiger partial charge < -0.3 is 9.80 Å². The molecule has 0 saturated carbocycles. The van der Waals surface area contributed by atoms with Crippen molar-refractivity contribution in [3.8, 4) is 0 Å². The first-order chi connectivity index (χ1) is 11.9. The maximum atomic E-state index is 12.9. The van der Waals surface area contributed by atoms with E-state index >= 15 is 0 Å². The maximum absolute atomic E-state index is 12.9. The number of carbonyl (C=O) groups excluding carboxylic acids is 1. The molecule has 2 heterocycles. The number of sulfonamides is 1. The fraction of sp³-hybridized carbons (Fsp3) is 0.611.